The molecule has 0 radical (unpaired) electrons. The van der Waals surface area contributed by atoms with Crippen LogP contribution in [0.2, 0.25) is 0 Å². The molecule has 0 unspecified atom stereocenters. The Kier molecular flexibility index (Phi) is 7.85. The maximum Gasteiger partial charge on any atom is 0.326 e. The molecule has 9 nitrogen and oxygen atoms in total. The first-order valence-electron chi connectivity index (χ1n) is 10.2. The van der Waals surface area contributed by atoms with E-state index in [0.29, 0.717) is 16.7 Å². The summed E-state index contributed by atoms with van der Waals surface area (Å²) in [5.74, 6) is -2.62. The molecular weight excluding hydrogens is 438 g/mol. The Morgan fingerprint density at radius 1 is 0.912 bits per heavy atom. The number of rotatable bonds is 9. The van der Waals surface area contributed by atoms with Crippen molar-refractivity contribution in [3.05, 3.63) is 117 Å². The van der Waals surface area contributed by atoms with Crippen molar-refractivity contribution < 1.29 is 24.4 Å². The molecule has 0 aliphatic rings. The van der Waals surface area contributed by atoms with Crippen LogP contribution < -0.4 is 10.6 Å². The minimum atomic E-state index is -1.25. The highest BCUT2D eigenvalue weighted by Gasteiger charge is 2.23. The highest BCUT2D eigenvalue weighted by Crippen LogP contribution is 2.15. The molecule has 172 valence electrons. The number of amides is 2. The van der Waals surface area contributed by atoms with E-state index in [1.54, 1.807) is 60.7 Å². The number of non-ortho nitro benzene ring substituents is 1. The number of hydrogen-bond donors (Lipinski definition) is 3. The van der Waals surface area contributed by atoms with Crippen molar-refractivity contribution in [2.45, 2.75) is 12.5 Å². The number of hydrogen-bond acceptors (Lipinski definition) is 5. The lowest BCUT2D eigenvalue weighted by Gasteiger charge is -2.17. The van der Waals surface area contributed by atoms with Gasteiger partial charge in [0.15, 0.2) is 0 Å². The number of nitro benzene ring substituents is 1. The molecule has 9 heteroatoms. The van der Waals surface area contributed by atoms with Crippen molar-refractivity contribution >= 4 is 29.5 Å². The summed E-state index contributed by atoms with van der Waals surface area (Å²) in [6.45, 7) is 0. The fraction of sp³-hybridized carbons (Fsp3) is 0.0800. The summed E-state index contributed by atoms with van der Waals surface area (Å²) >= 11 is 0. The number of benzene rings is 3. The van der Waals surface area contributed by atoms with Gasteiger partial charge in [0.25, 0.3) is 17.5 Å². The van der Waals surface area contributed by atoms with Crippen LogP contribution in [0, 0.1) is 10.1 Å². The number of nitro groups is 1. The number of carbonyl (C=O) groups is 3. The zero-order valence-electron chi connectivity index (χ0n) is 17.9. The number of carboxylic acids is 1. The van der Waals surface area contributed by atoms with E-state index < -0.39 is 28.7 Å². The second-order valence-corrected chi connectivity index (χ2v) is 7.28. The normalized spacial score (nSPS) is 11.8. The van der Waals surface area contributed by atoms with E-state index in [1.165, 1.54) is 30.3 Å². The van der Waals surface area contributed by atoms with Gasteiger partial charge >= 0.3 is 5.97 Å². The van der Waals surface area contributed by atoms with E-state index in [4.69, 9.17) is 0 Å². The molecule has 0 saturated heterocycles. The van der Waals surface area contributed by atoms with Crippen LogP contribution in [0.3, 0.4) is 0 Å². The van der Waals surface area contributed by atoms with Crippen molar-refractivity contribution in [2.75, 3.05) is 0 Å². The first-order valence-corrected chi connectivity index (χ1v) is 10.2. The molecule has 3 aromatic carbocycles. The van der Waals surface area contributed by atoms with Crippen molar-refractivity contribution in [2.24, 2.45) is 0 Å². The summed E-state index contributed by atoms with van der Waals surface area (Å²) in [5.41, 5.74) is 1.07. The summed E-state index contributed by atoms with van der Waals surface area (Å²) in [6, 6.07) is 21.1. The molecule has 34 heavy (non-hydrogen) atoms. The molecule has 3 N–H and O–H groups in total. The fourth-order valence-corrected chi connectivity index (χ4v) is 3.09. The van der Waals surface area contributed by atoms with Crippen LogP contribution in [0.4, 0.5) is 5.69 Å². The van der Waals surface area contributed by atoms with Gasteiger partial charge < -0.3 is 15.7 Å². The zero-order valence-corrected chi connectivity index (χ0v) is 17.9. The lowest BCUT2D eigenvalue weighted by atomic mass is 10.1. The van der Waals surface area contributed by atoms with Gasteiger partial charge in [-0.15, -0.1) is 0 Å². The first-order chi connectivity index (χ1) is 16.3. The molecule has 0 spiro atoms. The molecule has 0 aromatic heterocycles. The summed E-state index contributed by atoms with van der Waals surface area (Å²) in [6.07, 6.45) is 1.36. The van der Waals surface area contributed by atoms with Crippen LogP contribution in [0.1, 0.15) is 21.5 Å². The van der Waals surface area contributed by atoms with E-state index in [-0.39, 0.29) is 17.8 Å². The smallest absolute Gasteiger partial charge is 0.326 e. The van der Waals surface area contributed by atoms with Gasteiger partial charge in [0, 0.05) is 24.1 Å². The Labute approximate surface area is 194 Å². The molecular formula is C25H21N3O6. The summed E-state index contributed by atoms with van der Waals surface area (Å²) in [5, 5.41) is 25.5. The van der Waals surface area contributed by atoms with Crippen molar-refractivity contribution in [3.8, 4) is 0 Å². The van der Waals surface area contributed by atoms with Crippen LogP contribution >= 0.6 is 0 Å². The van der Waals surface area contributed by atoms with Crippen LogP contribution in [-0.2, 0) is 16.0 Å². The van der Waals surface area contributed by atoms with Gasteiger partial charge in [0.2, 0.25) is 0 Å². The maximum absolute atomic E-state index is 13.0. The predicted molar refractivity (Wildman–Crippen MR) is 125 cm³/mol. The van der Waals surface area contributed by atoms with Crippen LogP contribution in [-0.4, -0.2) is 33.9 Å². The van der Waals surface area contributed by atoms with Gasteiger partial charge in [-0.05, 0) is 41.5 Å². The summed E-state index contributed by atoms with van der Waals surface area (Å²) in [4.78, 5) is 47.8. The van der Waals surface area contributed by atoms with Gasteiger partial charge in [-0.1, -0.05) is 48.5 Å². The number of nitrogens with one attached hydrogen (secondary N) is 2. The minimum Gasteiger partial charge on any atom is -0.480 e. The highest BCUT2D eigenvalue weighted by atomic mass is 16.6. The molecule has 0 heterocycles. The van der Waals surface area contributed by atoms with Gasteiger partial charge in [-0.25, -0.2) is 4.79 Å². The molecule has 0 aliphatic carbocycles. The van der Waals surface area contributed by atoms with E-state index in [9.17, 15) is 29.6 Å². The molecule has 2 amide bonds. The average molecular weight is 459 g/mol. The summed E-state index contributed by atoms with van der Waals surface area (Å²) in [7, 11) is 0. The fourth-order valence-electron chi connectivity index (χ4n) is 3.09. The van der Waals surface area contributed by atoms with E-state index in [2.05, 4.69) is 10.6 Å². The predicted octanol–water partition coefficient (Wildman–Crippen LogP) is 3.18. The van der Waals surface area contributed by atoms with Crippen molar-refractivity contribution in [1.29, 1.82) is 0 Å². The van der Waals surface area contributed by atoms with E-state index >= 15 is 0 Å². The Morgan fingerprint density at radius 2 is 1.50 bits per heavy atom. The average Bonchev–Trinajstić information content (AvgIpc) is 2.84. The number of aliphatic carboxylic acids is 1. The van der Waals surface area contributed by atoms with Crippen LogP contribution in [0.25, 0.3) is 6.08 Å². The van der Waals surface area contributed by atoms with Crippen molar-refractivity contribution in [1.82, 2.24) is 10.6 Å². The number of carbonyl (C=O) groups excluding carboxylic acids is 2. The third-order valence-electron chi connectivity index (χ3n) is 4.83. The Balaban J connectivity index is 1.87. The standard InChI is InChI=1S/C25H21N3O6/c29-23(19-9-5-2-6-10-19)26-21(15-18-11-13-20(14-12-18)28(33)34)24(30)27-22(25(31)32)16-17-7-3-1-4-8-17/h1-15,22H,16H2,(H,26,29)(H,27,30)(H,31,32)/b21-15-/t22-/m0/s1. The number of nitrogens with zero attached hydrogens (tertiary/aromatic N) is 1. The monoisotopic (exact) mass is 459 g/mol. The molecule has 0 bridgehead atoms. The minimum absolute atomic E-state index is 0.0410. The van der Waals surface area contributed by atoms with Gasteiger partial charge in [0.05, 0.1) is 4.92 Å². The largest absolute Gasteiger partial charge is 0.480 e. The molecule has 1 atom stereocenters. The van der Waals surface area contributed by atoms with Gasteiger partial charge in [-0.2, -0.15) is 0 Å². The van der Waals surface area contributed by atoms with Crippen molar-refractivity contribution in [3.63, 3.8) is 0 Å². The Morgan fingerprint density at radius 3 is 2.06 bits per heavy atom. The maximum atomic E-state index is 13.0. The van der Waals surface area contributed by atoms with Crippen LogP contribution in [0.15, 0.2) is 90.6 Å². The molecule has 0 aliphatic heterocycles. The zero-order chi connectivity index (χ0) is 24.5. The van der Waals surface area contributed by atoms with E-state index in [0.717, 1.165) is 0 Å². The second kappa shape index (κ2) is 11.2. The summed E-state index contributed by atoms with van der Waals surface area (Å²) < 4.78 is 0. The molecule has 3 rings (SSSR count). The quantitative estimate of drug-likeness (QED) is 0.255. The molecule has 3 aromatic rings. The third-order valence-corrected chi connectivity index (χ3v) is 4.83. The SMILES string of the molecule is O=C(N[C@@H](Cc1ccccc1)C(=O)O)/C(=C/c1ccc([N+](=O)[O-])cc1)NC(=O)c1ccccc1. The highest BCUT2D eigenvalue weighted by molar-refractivity contribution is 6.06. The molecule has 0 saturated carbocycles. The first kappa shape index (κ1) is 23.9. The van der Waals surface area contributed by atoms with E-state index in [1.807, 2.05) is 0 Å². The molecule has 0 fully saturated rings. The van der Waals surface area contributed by atoms with Gasteiger partial charge in [0.1, 0.15) is 11.7 Å². The number of carboxylic acid groups (broad SMARTS) is 1. The second-order valence-electron chi connectivity index (χ2n) is 7.28. The van der Waals surface area contributed by atoms with Crippen LogP contribution in [0.5, 0.6) is 0 Å². The Hall–Kier alpha value is -4.79. The third kappa shape index (κ3) is 6.60. The lowest BCUT2D eigenvalue weighted by molar-refractivity contribution is -0.384. The van der Waals surface area contributed by atoms with Gasteiger partial charge in [-0.3, -0.25) is 19.7 Å². The lowest BCUT2D eigenvalue weighted by Crippen LogP contribution is -2.45. The Bertz CT molecular complexity index is 1210. The topological polar surface area (TPSA) is 139 Å².